The minimum Gasteiger partial charge on any atom is -0.490 e. The van der Waals surface area contributed by atoms with E-state index in [9.17, 15) is 9.90 Å². The summed E-state index contributed by atoms with van der Waals surface area (Å²) >= 11 is 0. The van der Waals surface area contributed by atoms with E-state index < -0.39 is 12.0 Å². The maximum absolute atomic E-state index is 12.0. The Bertz CT molecular complexity index is 1200. The number of aromatic nitrogens is 1. The quantitative estimate of drug-likeness (QED) is 0.305. The standard InChI is InChI=1S/C27H28N2O4/c1-2-32-25-14-8-11-20(26(25)33-18-19-9-4-3-5-10-19)16-29-24(27(30)31)15-21-17-28-23-13-7-6-12-22(21)23/h3-14,17,24,28-29H,2,15-16,18H2,1H3,(H,30,31). The summed E-state index contributed by atoms with van der Waals surface area (Å²) in [5.41, 5.74) is 3.86. The number of aromatic amines is 1. The molecule has 6 heteroatoms. The van der Waals surface area contributed by atoms with Crippen molar-refractivity contribution in [1.29, 1.82) is 0 Å². The minimum atomic E-state index is -0.895. The van der Waals surface area contributed by atoms with Crippen molar-refractivity contribution in [2.45, 2.75) is 32.5 Å². The van der Waals surface area contributed by atoms with Gasteiger partial charge in [-0.25, -0.2) is 0 Å². The topological polar surface area (TPSA) is 83.6 Å². The third-order valence-corrected chi connectivity index (χ3v) is 5.52. The molecule has 4 aromatic rings. The minimum absolute atomic E-state index is 0.338. The molecule has 0 aliphatic rings. The monoisotopic (exact) mass is 444 g/mol. The third-order valence-electron chi connectivity index (χ3n) is 5.52. The van der Waals surface area contributed by atoms with Crippen LogP contribution in [0.1, 0.15) is 23.6 Å². The smallest absolute Gasteiger partial charge is 0.321 e. The van der Waals surface area contributed by atoms with Crippen LogP contribution in [0.3, 0.4) is 0 Å². The first-order valence-corrected chi connectivity index (χ1v) is 11.1. The van der Waals surface area contributed by atoms with Gasteiger partial charge >= 0.3 is 5.97 Å². The first-order valence-electron chi connectivity index (χ1n) is 11.1. The Labute approximate surface area is 193 Å². The molecule has 33 heavy (non-hydrogen) atoms. The van der Waals surface area contributed by atoms with E-state index in [1.54, 1.807) is 0 Å². The summed E-state index contributed by atoms with van der Waals surface area (Å²) in [6, 6.07) is 22.8. The number of rotatable bonds is 11. The molecule has 0 spiro atoms. The highest BCUT2D eigenvalue weighted by molar-refractivity contribution is 5.84. The Hall–Kier alpha value is -3.77. The Balaban J connectivity index is 1.51. The zero-order valence-electron chi connectivity index (χ0n) is 18.6. The first kappa shape index (κ1) is 22.4. The molecule has 0 amide bonds. The molecule has 3 N–H and O–H groups in total. The van der Waals surface area contributed by atoms with Gasteiger partial charge in [0.25, 0.3) is 0 Å². The Morgan fingerprint density at radius 2 is 1.76 bits per heavy atom. The highest BCUT2D eigenvalue weighted by atomic mass is 16.5. The van der Waals surface area contributed by atoms with Gasteiger partial charge in [0.05, 0.1) is 6.61 Å². The van der Waals surface area contributed by atoms with E-state index in [0.29, 0.717) is 37.7 Å². The number of hydrogen-bond acceptors (Lipinski definition) is 4. The molecule has 0 radical (unpaired) electrons. The van der Waals surface area contributed by atoms with Crippen LogP contribution < -0.4 is 14.8 Å². The number of nitrogens with one attached hydrogen (secondary N) is 2. The van der Waals surface area contributed by atoms with Crippen LogP contribution in [0, 0.1) is 0 Å². The van der Waals surface area contributed by atoms with Crippen LogP contribution in [-0.4, -0.2) is 28.7 Å². The van der Waals surface area contributed by atoms with Crippen LogP contribution in [0.4, 0.5) is 0 Å². The zero-order chi connectivity index (χ0) is 23.0. The van der Waals surface area contributed by atoms with E-state index in [1.165, 1.54) is 0 Å². The van der Waals surface area contributed by atoms with Gasteiger partial charge in [-0.05, 0) is 30.2 Å². The molecule has 1 unspecified atom stereocenters. The van der Waals surface area contributed by atoms with Gasteiger partial charge in [-0.2, -0.15) is 0 Å². The molecule has 0 saturated heterocycles. The van der Waals surface area contributed by atoms with Crippen molar-refractivity contribution >= 4 is 16.9 Å². The van der Waals surface area contributed by atoms with Gasteiger partial charge in [0.2, 0.25) is 0 Å². The summed E-state index contributed by atoms with van der Waals surface area (Å²) in [7, 11) is 0. The van der Waals surface area contributed by atoms with Gasteiger partial charge in [0, 0.05) is 35.6 Å². The van der Waals surface area contributed by atoms with Crippen LogP contribution in [0.15, 0.2) is 79.0 Å². The van der Waals surface area contributed by atoms with Crippen molar-refractivity contribution in [3.8, 4) is 11.5 Å². The van der Waals surface area contributed by atoms with Crippen LogP contribution in [0.5, 0.6) is 11.5 Å². The lowest BCUT2D eigenvalue weighted by Gasteiger charge is -2.19. The van der Waals surface area contributed by atoms with E-state index in [-0.39, 0.29) is 0 Å². The molecule has 0 fully saturated rings. The van der Waals surface area contributed by atoms with Gasteiger partial charge in [-0.3, -0.25) is 10.1 Å². The summed E-state index contributed by atoms with van der Waals surface area (Å²) in [5.74, 6) is 0.385. The molecule has 1 atom stereocenters. The average molecular weight is 445 g/mol. The fraction of sp³-hybridized carbons (Fsp3) is 0.222. The predicted molar refractivity (Wildman–Crippen MR) is 129 cm³/mol. The van der Waals surface area contributed by atoms with Gasteiger partial charge in [-0.15, -0.1) is 0 Å². The second-order valence-electron chi connectivity index (χ2n) is 7.79. The molecule has 0 saturated carbocycles. The number of benzene rings is 3. The van der Waals surface area contributed by atoms with Crippen molar-refractivity contribution in [3.05, 3.63) is 95.7 Å². The Kier molecular flexibility index (Phi) is 7.27. The fourth-order valence-electron chi connectivity index (χ4n) is 3.86. The SMILES string of the molecule is CCOc1cccc(CNC(Cc2c[nH]c3ccccc23)C(=O)O)c1OCc1ccccc1. The molecule has 6 nitrogen and oxygen atoms in total. The lowest BCUT2D eigenvalue weighted by Crippen LogP contribution is -2.38. The number of hydrogen-bond donors (Lipinski definition) is 3. The van der Waals surface area contributed by atoms with E-state index in [0.717, 1.165) is 27.6 Å². The number of carboxylic acids is 1. The highest BCUT2D eigenvalue weighted by Crippen LogP contribution is 2.32. The lowest BCUT2D eigenvalue weighted by atomic mass is 10.0. The van der Waals surface area contributed by atoms with E-state index >= 15 is 0 Å². The van der Waals surface area contributed by atoms with E-state index in [2.05, 4.69) is 10.3 Å². The van der Waals surface area contributed by atoms with Crippen LogP contribution in [-0.2, 0) is 24.4 Å². The Morgan fingerprint density at radius 1 is 0.970 bits per heavy atom. The van der Waals surface area contributed by atoms with Crippen LogP contribution in [0.2, 0.25) is 0 Å². The van der Waals surface area contributed by atoms with Crippen molar-refractivity contribution in [3.63, 3.8) is 0 Å². The fourth-order valence-corrected chi connectivity index (χ4v) is 3.86. The maximum atomic E-state index is 12.0. The second kappa shape index (κ2) is 10.7. The average Bonchev–Trinajstić information content (AvgIpc) is 3.24. The largest absolute Gasteiger partial charge is 0.490 e. The molecule has 0 aliphatic heterocycles. The summed E-state index contributed by atoms with van der Waals surface area (Å²) in [5, 5.41) is 14.1. The van der Waals surface area contributed by atoms with Gasteiger partial charge in [0.15, 0.2) is 11.5 Å². The number of ether oxygens (including phenoxy) is 2. The van der Waals surface area contributed by atoms with Crippen LogP contribution >= 0.6 is 0 Å². The summed E-state index contributed by atoms with van der Waals surface area (Å²) < 4.78 is 11.9. The second-order valence-corrected chi connectivity index (χ2v) is 7.79. The van der Waals surface area contributed by atoms with Crippen molar-refractivity contribution in [2.75, 3.05) is 6.61 Å². The number of carbonyl (C=O) groups is 1. The summed E-state index contributed by atoms with van der Waals surface area (Å²) in [4.78, 5) is 15.2. The molecule has 1 aromatic heterocycles. The maximum Gasteiger partial charge on any atom is 0.321 e. The van der Waals surface area contributed by atoms with Gasteiger partial charge in [-0.1, -0.05) is 60.7 Å². The van der Waals surface area contributed by atoms with Gasteiger partial charge in [0.1, 0.15) is 12.6 Å². The highest BCUT2D eigenvalue weighted by Gasteiger charge is 2.21. The number of para-hydroxylation sites is 2. The molecule has 170 valence electrons. The Morgan fingerprint density at radius 3 is 2.55 bits per heavy atom. The number of carboxylic acid groups (broad SMARTS) is 1. The van der Waals surface area contributed by atoms with E-state index in [1.807, 2.05) is 85.9 Å². The third kappa shape index (κ3) is 5.54. The van der Waals surface area contributed by atoms with Crippen molar-refractivity contribution in [2.24, 2.45) is 0 Å². The zero-order valence-corrected chi connectivity index (χ0v) is 18.6. The molecular weight excluding hydrogens is 416 g/mol. The molecular formula is C27H28N2O4. The summed E-state index contributed by atoms with van der Waals surface area (Å²) in [6.07, 6.45) is 2.25. The first-order chi connectivity index (χ1) is 16.2. The van der Waals surface area contributed by atoms with Crippen LogP contribution in [0.25, 0.3) is 10.9 Å². The molecule has 0 bridgehead atoms. The number of fused-ring (bicyclic) bond motifs is 1. The van der Waals surface area contributed by atoms with E-state index in [4.69, 9.17) is 9.47 Å². The predicted octanol–water partition coefficient (Wildman–Crippen LogP) is 4.93. The molecule has 1 heterocycles. The summed E-state index contributed by atoms with van der Waals surface area (Å²) in [6.45, 7) is 3.17. The molecule has 4 rings (SSSR count). The number of H-pyrrole nitrogens is 1. The lowest BCUT2D eigenvalue weighted by molar-refractivity contribution is -0.139. The molecule has 0 aliphatic carbocycles. The normalized spacial score (nSPS) is 11.9. The van der Waals surface area contributed by atoms with Crippen molar-refractivity contribution in [1.82, 2.24) is 10.3 Å². The number of aliphatic carboxylic acids is 1. The van der Waals surface area contributed by atoms with Crippen molar-refractivity contribution < 1.29 is 19.4 Å². The molecule has 3 aromatic carbocycles. The van der Waals surface area contributed by atoms with Gasteiger partial charge < -0.3 is 19.6 Å².